The summed E-state index contributed by atoms with van der Waals surface area (Å²) in [6.45, 7) is 2.87. The van der Waals surface area contributed by atoms with Crippen LogP contribution in [-0.4, -0.2) is 16.2 Å². The lowest BCUT2D eigenvalue weighted by atomic mass is 10.2. The fraction of sp³-hybridized carbons (Fsp3) is 0.333. The molecule has 0 saturated carbocycles. The molecule has 0 aliphatic heterocycles. The molecular formula is C15H18N2O3. The van der Waals surface area contributed by atoms with Crippen molar-refractivity contribution >= 4 is 0 Å². The van der Waals surface area contributed by atoms with Gasteiger partial charge in [-0.15, -0.1) is 0 Å². The maximum absolute atomic E-state index is 12.2. The minimum absolute atomic E-state index is 0.268. The van der Waals surface area contributed by atoms with Gasteiger partial charge < -0.3 is 9.30 Å². The first kappa shape index (κ1) is 14.1. The molecule has 1 aromatic carbocycles. The van der Waals surface area contributed by atoms with Crippen LogP contribution in [0.5, 0.6) is 5.75 Å². The highest BCUT2D eigenvalue weighted by molar-refractivity contribution is 5.27. The highest BCUT2D eigenvalue weighted by Crippen LogP contribution is 2.11. The van der Waals surface area contributed by atoms with Gasteiger partial charge in [-0.05, 0) is 24.1 Å². The van der Waals surface area contributed by atoms with E-state index in [1.807, 2.05) is 31.2 Å². The number of aryl methyl sites for hydroxylation is 1. The van der Waals surface area contributed by atoms with Gasteiger partial charge in [0.25, 0.3) is 5.56 Å². The van der Waals surface area contributed by atoms with Crippen molar-refractivity contribution in [2.45, 2.75) is 26.4 Å². The van der Waals surface area contributed by atoms with Gasteiger partial charge in [0.2, 0.25) is 0 Å². The van der Waals surface area contributed by atoms with E-state index in [2.05, 4.69) is 0 Å². The van der Waals surface area contributed by atoms with Gasteiger partial charge in [0.15, 0.2) is 0 Å². The molecule has 2 aromatic rings. The average molecular weight is 274 g/mol. The van der Waals surface area contributed by atoms with Gasteiger partial charge in [0, 0.05) is 18.8 Å². The molecule has 1 aromatic heterocycles. The molecule has 0 aliphatic carbocycles. The van der Waals surface area contributed by atoms with Crippen LogP contribution in [0.15, 0.2) is 46.1 Å². The van der Waals surface area contributed by atoms with Gasteiger partial charge in [-0.3, -0.25) is 9.36 Å². The number of benzene rings is 1. The zero-order valence-corrected chi connectivity index (χ0v) is 11.7. The van der Waals surface area contributed by atoms with Crippen molar-refractivity contribution in [1.82, 2.24) is 9.13 Å². The number of methoxy groups -OCH3 is 1. The molecule has 0 fully saturated rings. The lowest BCUT2D eigenvalue weighted by Crippen LogP contribution is -2.39. The molecule has 0 atom stereocenters. The quantitative estimate of drug-likeness (QED) is 0.829. The first-order valence-electron chi connectivity index (χ1n) is 6.59. The van der Waals surface area contributed by atoms with Crippen LogP contribution >= 0.6 is 0 Å². The predicted octanol–water partition coefficient (Wildman–Crippen LogP) is 1.48. The summed E-state index contributed by atoms with van der Waals surface area (Å²) in [6, 6.07) is 8.76. The van der Waals surface area contributed by atoms with Gasteiger partial charge in [-0.1, -0.05) is 19.1 Å². The van der Waals surface area contributed by atoms with Crippen LogP contribution < -0.4 is 16.0 Å². The van der Waals surface area contributed by atoms with Crippen molar-refractivity contribution in [3.63, 3.8) is 0 Å². The number of aromatic nitrogens is 2. The molecule has 5 heteroatoms. The highest BCUT2D eigenvalue weighted by Gasteiger charge is 2.05. The Morgan fingerprint density at radius 1 is 1.10 bits per heavy atom. The molecule has 0 unspecified atom stereocenters. The van der Waals surface area contributed by atoms with Crippen molar-refractivity contribution in [2.75, 3.05) is 7.11 Å². The number of ether oxygens (including phenoxy) is 1. The number of hydrogen-bond donors (Lipinski definition) is 0. The van der Waals surface area contributed by atoms with E-state index in [1.54, 1.807) is 17.9 Å². The molecule has 20 heavy (non-hydrogen) atoms. The van der Waals surface area contributed by atoms with Crippen molar-refractivity contribution in [3.05, 3.63) is 62.9 Å². The summed E-state index contributed by atoms with van der Waals surface area (Å²) in [4.78, 5) is 24.1. The Balaban J connectivity index is 2.34. The Labute approximate surface area is 117 Å². The maximum Gasteiger partial charge on any atom is 0.331 e. The fourth-order valence-electron chi connectivity index (χ4n) is 2.03. The first-order chi connectivity index (χ1) is 9.65. The second-order valence-electron chi connectivity index (χ2n) is 4.56. The van der Waals surface area contributed by atoms with Crippen LogP contribution in [-0.2, 0) is 13.1 Å². The molecule has 1 heterocycles. The summed E-state index contributed by atoms with van der Waals surface area (Å²) in [5, 5.41) is 0. The van der Waals surface area contributed by atoms with Crippen LogP contribution in [0.2, 0.25) is 0 Å². The van der Waals surface area contributed by atoms with Crippen molar-refractivity contribution in [3.8, 4) is 5.75 Å². The van der Waals surface area contributed by atoms with E-state index in [0.29, 0.717) is 6.54 Å². The zero-order valence-electron chi connectivity index (χ0n) is 11.7. The summed E-state index contributed by atoms with van der Waals surface area (Å²) >= 11 is 0. The van der Waals surface area contributed by atoms with Crippen molar-refractivity contribution in [2.24, 2.45) is 0 Å². The third-order valence-electron chi connectivity index (χ3n) is 3.10. The topological polar surface area (TPSA) is 53.2 Å². The molecule has 0 amide bonds. The standard InChI is InChI=1S/C15H18N2O3/c1-3-9-16-10-8-14(18)17(15(16)19)11-12-4-6-13(20-2)7-5-12/h4-8,10H,3,9,11H2,1-2H3. The maximum atomic E-state index is 12.2. The third kappa shape index (κ3) is 2.99. The monoisotopic (exact) mass is 274 g/mol. The van der Waals surface area contributed by atoms with E-state index in [0.717, 1.165) is 17.7 Å². The lowest BCUT2D eigenvalue weighted by molar-refractivity contribution is 0.414. The molecule has 0 spiro atoms. The van der Waals surface area contributed by atoms with Gasteiger partial charge in [-0.25, -0.2) is 4.79 Å². The lowest BCUT2D eigenvalue weighted by Gasteiger charge is -2.09. The van der Waals surface area contributed by atoms with Crippen molar-refractivity contribution in [1.29, 1.82) is 0 Å². The molecular weight excluding hydrogens is 256 g/mol. The molecule has 2 rings (SSSR count). The summed E-state index contributed by atoms with van der Waals surface area (Å²) < 4.78 is 7.89. The summed E-state index contributed by atoms with van der Waals surface area (Å²) in [7, 11) is 1.60. The fourth-order valence-corrected chi connectivity index (χ4v) is 2.03. The molecule has 0 aliphatic rings. The minimum Gasteiger partial charge on any atom is -0.497 e. The van der Waals surface area contributed by atoms with Crippen LogP contribution in [0.1, 0.15) is 18.9 Å². The molecule has 0 saturated heterocycles. The smallest absolute Gasteiger partial charge is 0.331 e. The SMILES string of the molecule is CCCn1ccc(=O)n(Cc2ccc(OC)cc2)c1=O. The van der Waals surface area contributed by atoms with Gasteiger partial charge in [-0.2, -0.15) is 0 Å². The third-order valence-corrected chi connectivity index (χ3v) is 3.10. The van der Waals surface area contributed by atoms with E-state index in [9.17, 15) is 9.59 Å². The van der Waals surface area contributed by atoms with E-state index in [-0.39, 0.29) is 17.8 Å². The van der Waals surface area contributed by atoms with Crippen molar-refractivity contribution < 1.29 is 4.74 Å². The Bertz CT molecular complexity index is 684. The Morgan fingerprint density at radius 2 is 1.80 bits per heavy atom. The minimum atomic E-state index is -0.279. The molecule has 0 radical (unpaired) electrons. The van der Waals surface area contributed by atoms with Gasteiger partial charge in [0.1, 0.15) is 5.75 Å². The molecule has 106 valence electrons. The van der Waals surface area contributed by atoms with Crippen LogP contribution in [0, 0.1) is 0 Å². The second kappa shape index (κ2) is 6.23. The molecule has 0 bridgehead atoms. The van der Waals surface area contributed by atoms with Gasteiger partial charge in [0.05, 0.1) is 13.7 Å². The van der Waals surface area contributed by atoms with Crippen LogP contribution in [0.4, 0.5) is 0 Å². The Hall–Kier alpha value is -2.30. The normalized spacial score (nSPS) is 10.5. The highest BCUT2D eigenvalue weighted by atomic mass is 16.5. The largest absolute Gasteiger partial charge is 0.497 e. The number of rotatable bonds is 5. The van der Waals surface area contributed by atoms with Gasteiger partial charge >= 0.3 is 5.69 Å². The summed E-state index contributed by atoms with van der Waals surface area (Å²) in [5.74, 6) is 0.748. The van der Waals surface area contributed by atoms with E-state index < -0.39 is 0 Å². The van der Waals surface area contributed by atoms with E-state index in [1.165, 1.54) is 10.6 Å². The van der Waals surface area contributed by atoms with E-state index >= 15 is 0 Å². The number of hydrogen-bond acceptors (Lipinski definition) is 3. The number of nitrogens with zero attached hydrogens (tertiary/aromatic N) is 2. The predicted molar refractivity (Wildman–Crippen MR) is 77.3 cm³/mol. The first-order valence-corrected chi connectivity index (χ1v) is 6.59. The van der Waals surface area contributed by atoms with Crippen LogP contribution in [0.25, 0.3) is 0 Å². The van der Waals surface area contributed by atoms with E-state index in [4.69, 9.17) is 4.74 Å². The Morgan fingerprint density at radius 3 is 2.40 bits per heavy atom. The average Bonchev–Trinajstić information content (AvgIpc) is 2.47. The zero-order chi connectivity index (χ0) is 14.5. The Kier molecular flexibility index (Phi) is 4.40. The summed E-state index contributed by atoms with van der Waals surface area (Å²) in [6.07, 6.45) is 2.40. The second-order valence-corrected chi connectivity index (χ2v) is 4.56. The summed E-state index contributed by atoms with van der Waals surface area (Å²) in [5.41, 5.74) is 0.340. The van der Waals surface area contributed by atoms with Crippen LogP contribution in [0.3, 0.4) is 0 Å². The molecule has 0 N–H and O–H groups in total. The molecule has 5 nitrogen and oxygen atoms in total.